The molecule has 31 heavy (non-hydrogen) atoms. The van der Waals surface area contributed by atoms with E-state index in [4.69, 9.17) is 16.0 Å². The first kappa shape index (κ1) is 21.4. The molecule has 0 aromatic carbocycles. The number of furan rings is 1. The Morgan fingerprint density at radius 2 is 2.03 bits per heavy atom. The number of rotatable bonds is 3. The topological polar surface area (TPSA) is 73.0 Å². The van der Waals surface area contributed by atoms with Crippen molar-refractivity contribution in [2.45, 2.75) is 45.8 Å². The van der Waals surface area contributed by atoms with Crippen LogP contribution in [-0.4, -0.2) is 14.8 Å². The lowest BCUT2D eigenvalue weighted by molar-refractivity contribution is -0.137. The first-order chi connectivity index (χ1) is 14.4. The van der Waals surface area contributed by atoms with Crippen LogP contribution in [0.1, 0.15) is 49.0 Å². The van der Waals surface area contributed by atoms with Gasteiger partial charge in [-0.15, -0.1) is 0 Å². The molecule has 0 bridgehead atoms. The predicted molar refractivity (Wildman–Crippen MR) is 110 cm³/mol. The molecule has 3 heterocycles. The molecule has 0 spiro atoms. The molecule has 1 N–H and O–H groups in total. The number of nitrogens with zero attached hydrogens (tertiary/aromatic N) is 3. The van der Waals surface area contributed by atoms with Crippen molar-refractivity contribution in [1.82, 2.24) is 14.8 Å². The van der Waals surface area contributed by atoms with Crippen LogP contribution in [0.25, 0.3) is 5.82 Å². The lowest BCUT2D eigenvalue weighted by atomic mass is 9.74. The van der Waals surface area contributed by atoms with E-state index in [1.54, 1.807) is 0 Å². The smallest absolute Gasteiger partial charge is 0.417 e. The van der Waals surface area contributed by atoms with E-state index in [1.807, 2.05) is 13.0 Å². The SMILES string of the molecule is Cc1cc2c(o1)CC(C)(C)CC2Nc1cnn(-c2ccc(C(F)(F)F)cn2)c(=O)c1Cl. The van der Waals surface area contributed by atoms with Gasteiger partial charge in [0, 0.05) is 18.2 Å². The number of hydrogen-bond donors (Lipinski definition) is 1. The van der Waals surface area contributed by atoms with Gasteiger partial charge in [0.25, 0.3) is 5.56 Å². The molecule has 1 aliphatic carbocycles. The van der Waals surface area contributed by atoms with Gasteiger partial charge in [-0.25, -0.2) is 4.98 Å². The Balaban J connectivity index is 1.65. The van der Waals surface area contributed by atoms with Crippen LogP contribution in [0.3, 0.4) is 0 Å². The molecule has 1 unspecified atom stereocenters. The molecule has 1 aliphatic rings. The number of aromatic nitrogens is 3. The van der Waals surface area contributed by atoms with Gasteiger partial charge in [-0.2, -0.15) is 23.0 Å². The highest BCUT2D eigenvalue weighted by molar-refractivity contribution is 6.33. The molecule has 0 amide bonds. The second-order valence-corrected chi connectivity index (χ2v) is 8.85. The highest BCUT2D eigenvalue weighted by atomic mass is 35.5. The first-order valence-electron chi connectivity index (χ1n) is 9.62. The maximum absolute atomic E-state index is 12.7. The van der Waals surface area contributed by atoms with Crippen LogP contribution in [0.4, 0.5) is 18.9 Å². The highest BCUT2D eigenvalue weighted by Crippen LogP contribution is 2.43. The van der Waals surface area contributed by atoms with E-state index in [0.29, 0.717) is 11.9 Å². The molecular formula is C21H20ClF3N4O2. The summed E-state index contributed by atoms with van der Waals surface area (Å²) in [5, 5.41) is 7.22. The quantitative estimate of drug-likeness (QED) is 0.581. The predicted octanol–water partition coefficient (Wildman–Crippen LogP) is 5.33. The number of alkyl halides is 3. The van der Waals surface area contributed by atoms with E-state index < -0.39 is 17.3 Å². The molecule has 3 aromatic rings. The zero-order valence-electron chi connectivity index (χ0n) is 17.0. The minimum atomic E-state index is -4.52. The number of aryl methyl sites for hydroxylation is 1. The van der Waals surface area contributed by atoms with Crippen molar-refractivity contribution in [2.75, 3.05) is 5.32 Å². The van der Waals surface area contributed by atoms with E-state index in [0.717, 1.165) is 46.7 Å². The third-order valence-electron chi connectivity index (χ3n) is 5.28. The van der Waals surface area contributed by atoms with Crippen LogP contribution < -0.4 is 10.9 Å². The molecule has 6 nitrogen and oxygen atoms in total. The fourth-order valence-electron chi connectivity index (χ4n) is 3.88. The number of anilines is 1. The summed E-state index contributed by atoms with van der Waals surface area (Å²) >= 11 is 6.31. The van der Waals surface area contributed by atoms with Gasteiger partial charge in [0.05, 0.1) is 23.5 Å². The van der Waals surface area contributed by atoms with E-state index in [2.05, 4.69) is 29.2 Å². The van der Waals surface area contributed by atoms with Gasteiger partial charge in [0.1, 0.15) is 16.5 Å². The molecule has 0 saturated carbocycles. The summed E-state index contributed by atoms with van der Waals surface area (Å²) in [4.78, 5) is 16.4. The Bertz CT molecular complexity index is 1180. The number of fused-ring (bicyclic) bond motifs is 1. The molecule has 0 saturated heterocycles. The summed E-state index contributed by atoms with van der Waals surface area (Å²) < 4.78 is 44.9. The van der Waals surface area contributed by atoms with Crippen molar-refractivity contribution in [3.63, 3.8) is 0 Å². The van der Waals surface area contributed by atoms with Crippen LogP contribution in [0, 0.1) is 12.3 Å². The summed E-state index contributed by atoms with van der Waals surface area (Å²) in [7, 11) is 0. The summed E-state index contributed by atoms with van der Waals surface area (Å²) in [6.07, 6.45) is -0.901. The Morgan fingerprint density at radius 1 is 1.29 bits per heavy atom. The zero-order valence-corrected chi connectivity index (χ0v) is 17.8. The maximum atomic E-state index is 12.7. The summed E-state index contributed by atoms with van der Waals surface area (Å²) in [5.41, 5.74) is -0.269. The highest BCUT2D eigenvalue weighted by Gasteiger charge is 2.35. The third-order valence-corrected chi connectivity index (χ3v) is 5.64. The Hall–Kier alpha value is -2.81. The molecule has 0 fully saturated rings. The third kappa shape index (κ3) is 4.19. The van der Waals surface area contributed by atoms with E-state index in [-0.39, 0.29) is 22.3 Å². The standard InChI is InChI=1S/C21H20ClF3N4O2/c1-11-6-13-14(7-20(2,3)8-16(13)31-11)28-15-10-27-29(19(30)18(15)22)17-5-4-12(9-26-17)21(23,24)25/h4-6,9-10,14,28H,7-8H2,1-3H3. The first-order valence-corrected chi connectivity index (χ1v) is 10.00. The van der Waals surface area contributed by atoms with Crippen LogP contribution in [0.5, 0.6) is 0 Å². The van der Waals surface area contributed by atoms with Gasteiger partial charge in [-0.3, -0.25) is 4.79 Å². The van der Waals surface area contributed by atoms with Crippen molar-refractivity contribution in [2.24, 2.45) is 5.41 Å². The van der Waals surface area contributed by atoms with Crippen LogP contribution in [0.2, 0.25) is 5.02 Å². The van der Waals surface area contributed by atoms with Gasteiger partial charge in [0.2, 0.25) is 0 Å². The van der Waals surface area contributed by atoms with Crippen molar-refractivity contribution in [3.8, 4) is 5.82 Å². The van der Waals surface area contributed by atoms with Gasteiger partial charge < -0.3 is 9.73 Å². The van der Waals surface area contributed by atoms with Crippen molar-refractivity contribution in [1.29, 1.82) is 0 Å². The van der Waals surface area contributed by atoms with E-state index >= 15 is 0 Å². The van der Waals surface area contributed by atoms with Gasteiger partial charge in [0.15, 0.2) is 5.82 Å². The van der Waals surface area contributed by atoms with Gasteiger partial charge >= 0.3 is 6.18 Å². The van der Waals surface area contributed by atoms with Crippen molar-refractivity contribution >= 4 is 17.3 Å². The summed E-state index contributed by atoms with van der Waals surface area (Å²) in [6.45, 7) is 6.16. The molecule has 4 rings (SSSR count). The molecule has 1 atom stereocenters. The molecule has 3 aromatic heterocycles. The van der Waals surface area contributed by atoms with Crippen molar-refractivity contribution < 1.29 is 17.6 Å². The molecule has 164 valence electrons. The monoisotopic (exact) mass is 452 g/mol. The fourth-order valence-corrected chi connectivity index (χ4v) is 4.06. The molecule has 0 radical (unpaired) electrons. The van der Waals surface area contributed by atoms with Gasteiger partial charge in [-0.05, 0) is 37.0 Å². The Morgan fingerprint density at radius 3 is 2.68 bits per heavy atom. The summed E-state index contributed by atoms with van der Waals surface area (Å²) in [5.74, 6) is 1.65. The van der Waals surface area contributed by atoms with E-state index in [1.165, 1.54) is 6.20 Å². The van der Waals surface area contributed by atoms with Crippen LogP contribution in [0.15, 0.2) is 39.8 Å². The van der Waals surface area contributed by atoms with Gasteiger partial charge in [-0.1, -0.05) is 25.4 Å². The largest absolute Gasteiger partial charge is 0.466 e. The van der Waals surface area contributed by atoms with Crippen LogP contribution >= 0.6 is 11.6 Å². The number of hydrogen-bond acceptors (Lipinski definition) is 5. The number of halogens is 4. The minimum absolute atomic E-state index is 0.0198. The second-order valence-electron chi connectivity index (χ2n) is 8.47. The van der Waals surface area contributed by atoms with E-state index in [9.17, 15) is 18.0 Å². The van der Waals surface area contributed by atoms with Crippen LogP contribution in [-0.2, 0) is 12.6 Å². The second kappa shape index (κ2) is 7.40. The lowest BCUT2D eigenvalue weighted by Crippen LogP contribution is -2.30. The fraction of sp³-hybridized carbons (Fsp3) is 0.381. The summed E-state index contributed by atoms with van der Waals surface area (Å²) in [6, 6.07) is 3.75. The Kier molecular flexibility index (Phi) is 5.12. The molecular weight excluding hydrogens is 433 g/mol. The molecule has 0 aliphatic heterocycles. The lowest BCUT2D eigenvalue weighted by Gasteiger charge is -2.35. The Labute approximate surface area is 181 Å². The zero-order chi connectivity index (χ0) is 22.6. The number of nitrogens with one attached hydrogen (secondary N) is 1. The average molecular weight is 453 g/mol. The van der Waals surface area contributed by atoms with Crippen molar-refractivity contribution in [3.05, 3.63) is 68.6 Å². The molecule has 10 heteroatoms. The number of pyridine rings is 1. The normalized spacial score (nSPS) is 18.0. The minimum Gasteiger partial charge on any atom is -0.466 e. The average Bonchev–Trinajstić information content (AvgIpc) is 3.04. The maximum Gasteiger partial charge on any atom is 0.417 e.